The standard InChI is InChI=1S/C20H20FN3O4S/c1-28-20(25)14-9-17(13-4-3-5-16(8-13)29(2,26)27)19-18(10-14)24(12-23-19)11-15(21)6-7-22/h3-6,8-10,12H,7,11,22H2,1-2H3. The Hall–Kier alpha value is -3.04. The van der Waals surface area contributed by atoms with E-state index >= 15 is 0 Å². The number of ether oxygens (including phenoxy) is 1. The quantitative estimate of drug-likeness (QED) is 0.619. The van der Waals surface area contributed by atoms with Crippen molar-refractivity contribution in [2.75, 3.05) is 19.9 Å². The maximum absolute atomic E-state index is 14.0. The van der Waals surface area contributed by atoms with E-state index < -0.39 is 21.6 Å². The molecule has 0 unspecified atom stereocenters. The van der Waals surface area contributed by atoms with Gasteiger partial charge in [-0.2, -0.15) is 0 Å². The number of sulfone groups is 1. The lowest BCUT2D eigenvalue weighted by Gasteiger charge is -2.10. The lowest BCUT2D eigenvalue weighted by molar-refractivity contribution is 0.0601. The Labute approximate surface area is 167 Å². The average molecular weight is 417 g/mol. The van der Waals surface area contributed by atoms with Gasteiger partial charge >= 0.3 is 5.97 Å². The molecule has 7 nitrogen and oxygen atoms in total. The second kappa shape index (κ2) is 8.14. The number of esters is 1. The zero-order chi connectivity index (χ0) is 21.2. The number of hydrogen-bond acceptors (Lipinski definition) is 6. The zero-order valence-corrected chi connectivity index (χ0v) is 16.7. The molecule has 0 saturated heterocycles. The monoisotopic (exact) mass is 417 g/mol. The van der Waals surface area contributed by atoms with Crippen molar-refractivity contribution < 1.29 is 22.3 Å². The second-order valence-corrected chi connectivity index (χ2v) is 8.46. The van der Waals surface area contributed by atoms with Gasteiger partial charge in [-0.05, 0) is 35.9 Å². The van der Waals surface area contributed by atoms with Crippen LogP contribution in [0, 0.1) is 0 Å². The number of halogens is 1. The van der Waals surface area contributed by atoms with Crippen LogP contribution in [0.5, 0.6) is 0 Å². The molecule has 3 aromatic rings. The van der Waals surface area contributed by atoms with Gasteiger partial charge in [-0.3, -0.25) is 0 Å². The smallest absolute Gasteiger partial charge is 0.337 e. The summed E-state index contributed by atoms with van der Waals surface area (Å²) in [6.07, 6.45) is 3.83. The molecule has 0 aliphatic rings. The number of aromatic nitrogens is 2. The highest BCUT2D eigenvalue weighted by Gasteiger charge is 2.17. The number of carbonyl (C=O) groups excluding carboxylic acids is 1. The Morgan fingerprint density at radius 3 is 2.72 bits per heavy atom. The van der Waals surface area contributed by atoms with E-state index in [9.17, 15) is 17.6 Å². The predicted octanol–water partition coefficient (Wildman–Crippen LogP) is 2.71. The fourth-order valence-corrected chi connectivity index (χ4v) is 3.66. The molecule has 0 aliphatic carbocycles. The van der Waals surface area contributed by atoms with Crippen LogP contribution in [0.4, 0.5) is 4.39 Å². The molecule has 0 spiro atoms. The largest absolute Gasteiger partial charge is 0.465 e. The number of benzene rings is 2. The van der Waals surface area contributed by atoms with E-state index in [-0.39, 0.29) is 23.5 Å². The first kappa shape index (κ1) is 20.7. The molecular weight excluding hydrogens is 397 g/mol. The third-order valence-corrected chi connectivity index (χ3v) is 5.49. The summed E-state index contributed by atoms with van der Waals surface area (Å²) in [5.41, 5.74) is 7.70. The minimum atomic E-state index is -3.42. The van der Waals surface area contributed by atoms with Crippen LogP contribution in [0.15, 0.2) is 59.5 Å². The molecule has 152 valence electrons. The van der Waals surface area contributed by atoms with Crippen molar-refractivity contribution in [1.29, 1.82) is 0 Å². The lowest BCUT2D eigenvalue weighted by Crippen LogP contribution is -2.04. The summed E-state index contributed by atoms with van der Waals surface area (Å²) in [6.45, 7) is -0.0312. The van der Waals surface area contributed by atoms with Crippen LogP contribution in [-0.4, -0.2) is 43.8 Å². The first-order valence-electron chi connectivity index (χ1n) is 8.67. The van der Waals surface area contributed by atoms with E-state index in [0.717, 1.165) is 6.26 Å². The number of carbonyl (C=O) groups is 1. The van der Waals surface area contributed by atoms with Gasteiger partial charge in [-0.25, -0.2) is 22.6 Å². The molecule has 0 atom stereocenters. The first-order chi connectivity index (χ1) is 13.7. The number of nitrogens with zero attached hydrogens (tertiary/aromatic N) is 2. The number of nitrogens with two attached hydrogens (primary N) is 1. The Balaban J connectivity index is 2.25. The van der Waals surface area contributed by atoms with Crippen molar-refractivity contribution in [3.05, 3.63) is 60.2 Å². The second-order valence-electron chi connectivity index (χ2n) is 6.44. The van der Waals surface area contributed by atoms with Crippen molar-refractivity contribution in [2.45, 2.75) is 11.4 Å². The number of rotatable bonds is 6. The Bertz CT molecular complexity index is 1220. The summed E-state index contributed by atoms with van der Waals surface area (Å²) in [5.74, 6) is -1.01. The number of hydrogen-bond donors (Lipinski definition) is 1. The minimum Gasteiger partial charge on any atom is -0.465 e. The molecule has 0 radical (unpaired) electrons. The zero-order valence-electron chi connectivity index (χ0n) is 15.9. The molecule has 0 saturated carbocycles. The van der Waals surface area contributed by atoms with Gasteiger partial charge in [0.05, 0.1) is 41.5 Å². The third-order valence-electron chi connectivity index (χ3n) is 4.38. The molecule has 29 heavy (non-hydrogen) atoms. The van der Waals surface area contributed by atoms with Crippen LogP contribution in [0.25, 0.3) is 22.2 Å². The highest BCUT2D eigenvalue weighted by molar-refractivity contribution is 7.90. The van der Waals surface area contributed by atoms with Crippen molar-refractivity contribution in [2.24, 2.45) is 5.73 Å². The summed E-state index contributed by atoms with van der Waals surface area (Å²) < 4.78 is 44.2. The maximum Gasteiger partial charge on any atom is 0.337 e. The van der Waals surface area contributed by atoms with Crippen molar-refractivity contribution in [1.82, 2.24) is 9.55 Å². The SMILES string of the molecule is COC(=O)c1cc(-c2cccc(S(C)(=O)=O)c2)c2ncn(CC(F)=CCN)c2c1. The lowest BCUT2D eigenvalue weighted by atomic mass is 10.0. The fraction of sp³-hybridized carbons (Fsp3) is 0.200. The van der Waals surface area contributed by atoms with Gasteiger partial charge in [0.2, 0.25) is 0 Å². The van der Waals surface area contributed by atoms with Crippen LogP contribution in [0.1, 0.15) is 10.4 Å². The molecule has 9 heteroatoms. The van der Waals surface area contributed by atoms with E-state index in [1.54, 1.807) is 28.8 Å². The third kappa shape index (κ3) is 4.36. The van der Waals surface area contributed by atoms with E-state index in [4.69, 9.17) is 10.5 Å². The normalized spacial score (nSPS) is 12.3. The van der Waals surface area contributed by atoms with Crippen LogP contribution < -0.4 is 5.73 Å². The summed E-state index contributed by atoms with van der Waals surface area (Å²) >= 11 is 0. The molecule has 3 rings (SSSR count). The van der Waals surface area contributed by atoms with Crippen LogP contribution in [-0.2, 0) is 21.1 Å². The molecule has 0 amide bonds. The Kier molecular flexibility index (Phi) is 5.81. The fourth-order valence-electron chi connectivity index (χ4n) is 2.99. The van der Waals surface area contributed by atoms with Crippen molar-refractivity contribution in [3.63, 3.8) is 0 Å². The average Bonchev–Trinajstić information content (AvgIpc) is 3.09. The van der Waals surface area contributed by atoms with Crippen LogP contribution in [0.2, 0.25) is 0 Å². The topological polar surface area (TPSA) is 104 Å². The highest BCUT2D eigenvalue weighted by atomic mass is 32.2. The highest BCUT2D eigenvalue weighted by Crippen LogP contribution is 2.31. The summed E-state index contributed by atoms with van der Waals surface area (Å²) in [5, 5.41) is 0. The minimum absolute atomic E-state index is 0.0649. The maximum atomic E-state index is 14.0. The van der Waals surface area contributed by atoms with Crippen molar-refractivity contribution >= 4 is 26.8 Å². The molecule has 0 aliphatic heterocycles. The first-order valence-corrected chi connectivity index (χ1v) is 10.6. The summed E-state index contributed by atoms with van der Waals surface area (Å²) in [7, 11) is -2.16. The van der Waals surface area contributed by atoms with E-state index in [2.05, 4.69) is 4.98 Å². The molecule has 1 aromatic heterocycles. The number of methoxy groups -OCH3 is 1. The van der Waals surface area contributed by atoms with Gasteiger partial charge in [0.15, 0.2) is 9.84 Å². The summed E-state index contributed by atoms with van der Waals surface area (Å²) in [6, 6.07) is 9.49. The summed E-state index contributed by atoms with van der Waals surface area (Å²) in [4.78, 5) is 16.7. The predicted molar refractivity (Wildman–Crippen MR) is 108 cm³/mol. The van der Waals surface area contributed by atoms with Gasteiger partial charge in [-0.1, -0.05) is 12.1 Å². The molecule has 2 aromatic carbocycles. The van der Waals surface area contributed by atoms with Gasteiger partial charge < -0.3 is 15.0 Å². The molecule has 0 bridgehead atoms. The van der Waals surface area contributed by atoms with Crippen LogP contribution in [0.3, 0.4) is 0 Å². The molecule has 2 N–H and O–H groups in total. The van der Waals surface area contributed by atoms with Crippen molar-refractivity contribution in [3.8, 4) is 11.1 Å². The van der Waals surface area contributed by atoms with E-state index in [1.807, 2.05) is 0 Å². The van der Waals surface area contributed by atoms with E-state index in [0.29, 0.717) is 22.2 Å². The Morgan fingerprint density at radius 2 is 2.07 bits per heavy atom. The number of fused-ring (bicyclic) bond motifs is 1. The number of imidazole rings is 1. The number of allylic oxidation sites excluding steroid dienone is 1. The van der Waals surface area contributed by atoms with E-state index in [1.165, 1.54) is 31.6 Å². The van der Waals surface area contributed by atoms with Gasteiger partial charge in [0.25, 0.3) is 0 Å². The Morgan fingerprint density at radius 1 is 1.31 bits per heavy atom. The molecule has 0 fully saturated rings. The van der Waals surface area contributed by atoms with Gasteiger partial charge in [-0.15, -0.1) is 0 Å². The van der Waals surface area contributed by atoms with Gasteiger partial charge in [0.1, 0.15) is 5.83 Å². The van der Waals surface area contributed by atoms with Gasteiger partial charge in [0, 0.05) is 18.4 Å². The molecular formula is C20H20FN3O4S. The molecule has 1 heterocycles. The van der Waals surface area contributed by atoms with Crippen LogP contribution >= 0.6 is 0 Å².